The first-order valence-corrected chi connectivity index (χ1v) is 5.24. The van der Waals surface area contributed by atoms with Crippen molar-refractivity contribution in [3.63, 3.8) is 0 Å². The average Bonchev–Trinajstić information content (AvgIpc) is 2.37. The summed E-state index contributed by atoms with van der Waals surface area (Å²) in [6.07, 6.45) is 0. The van der Waals surface area contributed by atoms with Crippen molar-refractivity contribution in [2.24, 2.45) is 5.11 Å². The standard InChI is InChI=1S/C11H14N4O2/c12-15-14-7-6-13-8-11(16)17-9-10-4-2-1-3-5-10/h1-5,13H,6-9H2. The Morgan fingerprint density at radius 1 is 1.41 bits per heavy atom. The van der Waals surface area contributed by atoms with Gasteiger partial charge in [0.1, 0.15) is 6.61 Å². The van der Waals surface area contributed by atoms with E-state index in [1.165, 1.54) is 0 Å². The van der Waals surface area contributed by atoms with Crippen molar-refractivity contribution < 1.29 is 9.53 Å². The molecule has 1 aromatic rings. The Balaban J connectivity index is 2.11. The van der Waals surface area contributed by atoms with Gasteiger partial charge in [-0.1, -0.05) is 35.4 Å². The van der Waals surface area contributed by atoms with E-state index in [0.29, 0.717) is 13.1 Å². The van der Waals surface area contributed by atoms with E-state index >= 15 is 0 Å². The maximum Gasteiger partial charge on any atom is 0.320 e. The van der Waals surface area contributed by atoms with Gasteiger partial charge in [0.05, 0.1) is 6.54 Å². The van der Waals surface area contributed by atoms with Crippen LogP contribution in [0.1, 0.15) is 5.56 Å². The van der Waals surface area contributed by atoms with Crippen molar-refractivity contribution in [1.29, 1.82) is 0 Å². The van der Waals surface area contributed by atoms with E-state index in [-0.39, 0.29) is 19.1 Å². The minimum Gasteiger partial charge on any atom is -0.460 e. The fraction of sp³-hybridized carbons (Fsp3) is 0.364. The third-order valence-corrected chi connectivity index (χ3v) is 1.96. The van der Waals surface area contributed by atoms with Crippen LogP contribution < -0.4 is 5.32 Å². The van der Waals surface area contributed by atoms with Crippen LogP contribution in [0.15, 0.2) is 35.4 Å². The number of hydrogen-bond donors (Lipinski definition) is 1. The maximum atomic E-state index is 11.3. The number of carbonyl (C=O) groups excluding carboxylic acids is 1. The summed E-state index contributed by atoms with van der Waals surface area (Å²) in [7, 11) is 0. The zero-order valence-corrected chi connectivity index (χ0v) is 9.37. The molecule has 0 bridgehead atoms. The molecule has 0 aliphatic heterocycles. The predicted octanol–water partition coefficient (Wildman–Crippen LogP) is 1.63. The fourth-order valence-corrected chi connectivity index (χ4v) is 1.15. The van der Waals surface area contributed by atoms with Crippen molar-refractivity contribution in [2.75, 3.05) is 19.6 Å². The molecular weight excluding hydrogens is 220 g/mol. The number of carbonyl (C=O) groups is 1. The van der Waals surface area contributed by atoms with Crippen LogP contribution in [0.25, 0.3) is 10.4 Å². The molecule has 0 heterocycles. The average molecular weight is 234 g/mol. The van der Waals surface area contributed by atoms with Gasteiger partial charge >= 0.3 is 5.97 Å². The maximum absolute atomic E-state index is 11.3. The monoisotopic (exact) mass is 234 g/mol. The van der Waals surface area contributed by atoms with Gasteiger partial charge in [0.25, 0.3) is 0 Å². The second kappa shape index (κ2) is 8.15. The summed E-state index contributed by atoms with van der Waals surface area (Å²) in [5, 5.41) is 6.14. The fourth-order valence-electron chi connectivity index (χ4n) is 1.15. The minimum atomic E-state index is -0.324. The Morgan fingerprint density at radius 3 is 2.88 bits per heavy atom. The molecule has 0 atom stereocenters. The van der Waals surface area contributed by atoms with Gasteiger partial charge in [0.2, 0.25) is 0 Å². The van der Waals surface area contributed by atoms with Crippen molar-refractivity contribution in [3.8, 4) is 0 Å². The third kappa shape index (κ3) is 6.19. The van der Waals surface area contributed by atoms with Crippen LogP contribution in [0.5, 0.6) is 0 Å². The normalized spacial score (nSPS) is 9.41. The lowest BCUT2D eigenvalue weighted by Gasteiger charge is -2.05. The van der Waals surface area contributed by atoms with Crippen LogP contribution in [0.2, 0.25) is 0 Å². The number of esters is 1. The molecule has 0 radical (unpaired) electrons. The number of hydrogen-bond acceptors (Lipinski definition) is 4. The lowest BCUT2D eigenvalue weighted by molar-refractivity contribution is -0.143. The van der Waals surface area contributed by atoms with Gasteiger partial charge in [-0.25, -0.2) is 0 Å². The molecule has 0 unspecified atom stereocenters. The summed E-state index contributed by atoms with van der Waals surface area (Å²) in [6, 6.07) is 9.47. The van der Waals surface area contributed by atoms with Crippen LogP contribution in [0.3, 0.4) is 0 Å². The van der Waals surface area contributed by atoms with Gasteiger partial charge in [-0.2, -0.15) is 0 Å². The van der Waals surface area contributed by atoms with E-state index in [1.54, 1.807) is 0 Å². The summed E-state index contributed by atoms with van der Waals surface area (Å²) < 4.78 is 5.03. The first-order valence-electron chi connectivity index (χ1n) is 5.24. The van der Waals surface area contributed by atoms with Crippen LogP contribution in [-0.4, -0.2) is 25.6 Å². The highest BCUT2D eigenvalue weighted by Gasteiger charge is 2.01. The number of rotatable bonds is 7. The highest BCUT2D eigenvalue weighted by molar-refractivity contribution is 5.71. The molecular formula is C11H14N4O2. The number of nitrogens with one attached hydrogen (secondary N) is 1. The molecule has 0 saturated carbocycles. The first kappa shape index (κ1) is 13.0. The van der Waals surface area contributed by atoms with Gasteiger partial charge in [0.15, 0.2) is 0 Å². The topological polar surface area (TPSA) is 87.1 Å². The second-order valence-corrected chi connectivity index (χ2v) is 3.28. The largest absolute Gasteiger partial charge is 0.460 e. The summed E-state index contributed by atoms with van der Waals surface area (Å²) in [6.45, 7) is 1.18. The van der Waals surface area contributed by atoms with E-state index in [1.807, 2.05) is 30.3 Å². The highest BCUT2D eigenvalue weighted by Crippen LogP contribution is 2.00. The third-order valence-electron chi connectivity index (χ3n) is 1.96. The molecule has 1 rings (SSSR count). The molecule has 0 aliphatic carbocycles. The van der Waals surface area contributed by atoms with Crippen molar-refractivity contribution >= 4 is 5.97 Å². The van der Waals surface area contributed by atoms with Crippen molar-refractivity contribution in [1.82, 2.24) is 5.32 Å². The van der Waals surface area contributed by atoms with E-state index in [0.717, 1.165) is 5.56 Å². The Hall–Kier alpha value is -2.04. The molecule has 90 valence electrons. The summed E-state index contributed by atoms with van der Waals surface area (Å²) in [5.74, 6) is -0.324. The lowest BCUT2D eigenvalue weighted by Crippen LogP contribution is -2.26. The number of ether oxygens (including phenoxy) is 1. The van der Waals surface area contributed by atoms with Crippen molar-refractivity contribution in [3.05, 3.63) is 46.3 Å². The van der Waals surface area contributed by atoms with Gasteiger partial charge in [-0.05, 0) is 11.1 Å². The molecule has 0 fully saturated rings. The van der Waals surface area contributed by atoms with Gasteiger partial charge in [-0.3, -0.25) is 4.79 Å². The van der Waals surface area contributed by atoms with Crippen LogP contribution in [0, 0.1) is 0 Å². The van der Waals surface area contributed by atoms with Crippen molar-refractivity contribution in [2.45, 2.75) is 6.61 Å². The number of azide groups is 1. The smallest absolute Gasteiger partial charge is 0.320 e. The Bertz CT molecular complexity index is 388. The van der Waals surface area contributed by atoms with E-state index in [9.17, 15) is 4.79 Å². The molecule has 0 aliphatic rings. The summed E-state index contributed by atoms with van der Waals surface area (Å²) in [4.78, 5) is 13.9. The predicted molar refractivity (Wildman–Crippen MR) is 63.1 cm³/mol. The van der Waals surface area contributed by atoms with Crippen LogP contribution >= 0.6 is 0 Å². The SMILES string of the molecule is [N-]=[N+]=NCCNCC(=O)OCc1ccccc1. The van der Waals surface area contributed by atoms with Crippen LogP contribution in [0.4, 0.5) is 0 Å². The van der Waals surface area contributed by atoms with Gasteiger partial charge in [-0.15, -0.1) is 0 Å². The molecule has 6 nitrogen and oxygen atoms in total. The molecule has 6 heteroatoms. The highest BCUT2D eigenvalue weighted by atomic mass is 16.5. The number of nitrogens with zero attached hydrogens (tertiary/aromatic N) is 3. The Kier molecular flexibility index (Phi) is 6.25. The molecule has 0 amide bonds. The minimum absolute atomic E-state index is 0.119. The Morgan fingerprint density at radius 2 is 2.18 bits per heavy atom. The second-order valence-electron chi connectivity index (χ2n) is 3.28. The van der Waals surface area contributed by atoms with E-state index in [4.69, 9.17) is 10.3 Å². The zero-order valence-electron chi connectivity index (χ0n) is 9.37. The quantitative estimate of drug-likeness (QED) is 0.256. The van der Waals surface area contributed by atoms with Gasteiger partial charge in [0, 0.05) is 18.0 Å². The molecule has 0 aromatic heterocycles. The zero-order chi connectivity index (χ0) is 12.3. The molecule has 1 aromatic carbocycles. The van der Waals surface area contributed by atoms with Gasteiger partial charge < -0.3 is 10.1 Å². The molecule has 0 spiro atoms. The van der Waals surface area contributed by atoms with Crippen LogP contribution in [-0.2, 0) is 16.1 Å². The summed E-state index contributed by atoms with van der Waals surface area (Å²) >= 11 is 0. The Labute approximate surface area is 99.2 Å². The molecule has 0 saturated heterocycles. The lowest BCUT2D eigenvalue weighted by atomic mass is 10.2. The van der Waals surface area contributed by atoms with E-state index in [2.05, 4.69) is 15.3 Å². The number of benzene rings is 1. The summed E-state index contributed by atoms with van der Waals surface area (Å²) in [5.41, 5.74) is 8.98. The van der Waals surface area contributed by atoms with E-state index < -0.39 is 0 Å². The molecule has 1 N–H and O–H groups in total. The molecule has 17 heavy (non-hydrogen) atoms. The first-order chi connectivity index (χ1) is 8.33.